The van der Waals surface area contributed by atoms with Crippen molar-refractivity contribution in [3.8, 4) is 0 Å². The summed E-state index contributed by atoms with van der Waals surface area (Å²) in [6, 6.07) is 11.5. The Morgan fingerprint density at radius 3 is 2.82 bits per heavy atom. The molecule has 0 spiro atoms. The molecule has 1 amide bonds. The molecule has 4 nitrogen and oxygen atoms in total. The first-order valence-corrected chi connectivity index (χ1v) is 6.88. The van der Waals surface area contributed by atoms with Crippen LogP contribution in [0.1, 0.15) is 28.0 Å². The van der Waals surface area contributed by atoms with Crippen LogP contribution in [0.2, 0.25) is 0 Å². The van der Waals surface area contributed by atoms with Crippen molar-refractivity contribution in [3.63, 3.8) is 0 Å². The van der Waals surface area contributed by atoms with Crippen molar-refractivity contribution in [2.75, 3.05) is 11.9 Å². The Morgan fingerprint density at radius 1 is 1.18 bits per heavy atom. The third-order valence-electron chi connectivity index (χ3n) is 3.50. The van der Waals surface area contributed by atoms with Gasteiger partial charge in [0.15, 0.2) is 0 Å². The molecule has 2 N–H and O–H groups in total. The fraction of sp³-hybridized carbons (Fsp3) is 0.250. The first-order chi connectivity index (χ1) is 9.84. The summed E-state index contributed by atoms with van der Waals surface area (Å²) >= 11 is 0. The van der Waals surface area contributed by atoms with E-state index in [9.17, 15) is 4.79 Å². The average molecular weight is 340 g/mol. The molecule has 0 unspecified atom stereocenters. The highest BCUT2D eigenvalue weighted by molar-refractivity contribution is 5.97. The van der Waals surface area contributed by atoms with Crippen molar-refractivity contribution in [2.45, 2.75) is 19.4 Å². The summed E-state index contributed by atoms with van der Waals surface area (Å²) < 4.78 is 0. The molecule has 0 saturated carbocycles. The normalized spacial score (nSPS) is 12.0. The number of nitrogens with zero attached hydrogens (tertiary/aromatic N) is 1. The predicted molar refractivity (Wildman–Crippen MR) is 93.2 cm³/mol. The van der Waals surface area contributed by atoms with Crippen LogP contribution < -0.4 is 10.6 Å². The molecule has 1 aliphatic rings. The Labute approximate surface area is 142 Å². The van der Waals surface area contributed by atoms with E-state index in [0.29, 0.717) is 6.54 Å². The maximum atomic E-state index is 12.3. The zero-order valence-electron chi connectivity index (χ0n) is 12.0. The van der Waals surface area contributed by atoms with Crippen LogP contribution >= 0.6 is 24.8 Å². The minimum atomic E-state index is -0.0313. The van der Waals surface area contributed by atoms with Crippen LogP contribution in [0, 0.1) is 0 Å². The Hall–Kier alpha value is -1.78. The highest BCUT2D eigenvalue weighted by Crippen LogP contribution is 2.25. The maximum absolute atomic E-state index is 12.3. The first-order valence-electron chi connectivity index (χ1n) is 6.88. The van der Waals surface area contributed by atoms with Gasteiger partial charge in [-0.3, -0.25) is 9.78 Å². The van der Waals surface area contributed by atoms with Crippen LogP contribution in [0.5, 0.6) is 0 Å². The van der Waals surface area contributed by atoms with Gasteiger partial charge in [-0.2, -0.15) is 0 Å². The van der Waals surface area contributed by atoms with Gasteiger partial charge in [0.1, 0.15) is 0 Å². The van der Waals surface area contributed by atoms with E-state index in [1.54, 1.807) is 6.20 Å². The Balaban J connectivity index is 0.00000121. The van der Waals surface area contributed by atoms with Crippen LogP contribution in [0.25, 0.3) is 0 Å². The number of rotatable bonds is 3. The van der Waals surface area contributed by atoms with E-state index in [1.165, 1.54) is 0 Å². The summed E-state index contributed by atoms with van der Waals surface area (Å²) in [5.41, 5.74) is 3.84. The number of benzene rings is 1. The summed E-state index contributed by atoms with van der Waals surface area (Å²) in [5.74, 6) is -0.0313. The van der Waals surface area contributed by atoms with Gasteiger partial charge < -0.3 is 10.6 Å². The number of hydrogen-bond acceptors (Lipinski definition) is 3. The second-order valence-corrected chi connectivity index (χ2v) is 4.87. The third-order valence-corrected chi connectivity index (χ3v) is 3.50. The van der Waals surface area contributed by atoms with Gasteiger partial charge in [0.05, 0.1) is 12.2 Å². The molecule has 6 heteroatoms. The lowest BCUT2D eigenvalue weighted by Gasteiger charge is -2.20. The third kappa shape index (κ3) is 4.12. The second kappa shape index (κ2) is 8.61. The van der Waals surface area contributed by atoms with Crippen molar-refractivity contribution in [2.24, 2.45) is 0 Å². The number of hydrogen-bond donors (Lipinski definition) is 2. The zero-order valence-corrected chi connectivity index (χ0v) is 13.7. The van der Waals surface area contributed by atoms with E-state index in [0.717, 1.165) is 41.9 Å². The van der Waals surface area contributed by atoms with E-state index in [-0.39, 0.29) is 30.7 Å². The molecular weight excluding hydrogens is 321 g/mol. The molecule has 0 atom stereocenters. The van der Waals surface area contributed by atoms with Crippen molar-refractivity contribution in [1.29, 1.82) is 0 Å². The first kappa shape index (κ1) is 18.3. The summed E-state index contributed by atoms with van der Waals surface area (Å²) in [4.78, 5) is 16.5. The number of carbonyl (C=O) groups is 1. The van der Waals surface area contributed by atoms with Crippen molar-refractivity contribution in [1.82, 2.24) is 10.3 Å². The molecule has 3 rings (SSSR count). The largest absolute Gasteiger partial charge is 0.385 e. The SMILES string of the molecule is Cl.Cl.O=C(NCc1ccccn1)c1cccc2c1CCCN2. The number of anilines is 1. The molecule has 2 heterocycles. The molecule has 1 aromatic carbocycles. The fourth-order valence-electron chi connectivity index (χ4n) is 2.49. The lowest BCUT2D eigenvalue weighted by atomic mass is 9.97. The highest BCUT2D eigenvalue weighted by atomic mass is 35.5. The Bertz CT molecular complexity index is 620. The van der Waals surface area contributed by atoms with Crippen LogP contribution in [0.4, 0.5) is 5.69 Å². The van der Waals surface area contributed by atoms with Crippen LogP contribution in [-0.2, 0) is 13.0 Å². The molecule has 118 valence electrons. The molecule has 0 aliphatic carbocycles. The second-order valence-electron chi connectivity index (χ2n) is 4.87. The molecular formula is C16H19Cl2N3O. The Kier molecular flexibility index (Phi) is 7.15. The summed E-state index contributed by atoms with van der Waals surface area (Å²) in [6.45, 7) is 1.43. The van der Waals surface area contributed by atoms with Crippen molar-refractivity contribution in [3.05, 3.63) is 59.4 Å². The lowest BCUT2D eigenvalue weighted by Crippen LogP contribution is -2.26. The van der Waals surface area contributed by atoms with Crippen LogP contribution in [-0.4, -0.2) is 17.4 Å². The molecule has 2 aromatic rings. The number of pyridine rings is 1. The van der Waals surface area contributed by atoms with Gasteiger partial charge in [-0.25, -0.2) is 0 Å². The fourth-order valence-corrected chi connectivity index (χ4v) is 2.49. The van der Waals surface area contributed by atoms with E-state index in [4.69, 9.17) is 0 Å². The number of fused-ring (bicyclic) bond motifs is 1. The number of amides is 1. The van der Waals surface area contributed by atoms with Crippen LogP contribution in [0.15, 0.2) is 42.6 Å². The topological polar surface area (TPSA) is 54.0 Å². The van der Waals surface area contributed by atoms with E-state index in [1.807, 2.05) is 36.4 Å². The van der Waals surface area contributed by atoms with E-state index in [2.05, 4.69) is 15.6 Å². The van der Waals surface area contributed by atoms with E-state index >= 15 is 0 Å². The summed E-state index contributed by atoms with van der Waals surface area (Å²) in [5, 5.41) is 6.28. The zero-order chi connectivity index (χ0) is 13.8. The van der Waals surface area contributed by atoms with Gasteiger partial charge in [-0.05, 0) is 42.7 Å². The molecule has 1 aliphatic heterocycles. The van der Waals surface area contributed by atoms with Crippen LogP contribution in [0.3, 0.4) is 0 Å². The number of halogens is 2. The van der Waals surface area contributed by atoms with Gasteiger partial charge in [0, 0.05) is 24.0 Å². The smallest absolute Gasteiger partial charge is 0.251 e. The Morgan fingerprint density at radius 2 is 2.05 bits per heavy atom. The van der Waals surface area contributed by atoms with E-state index < -0.39 is 0 Å². The molecule has 22 heavy (non-hydrogen) atoms. The quantitative estimate of drug-likeness (QED) is 0.902. The van der Waals surface area contributed by atoms with Crippen molar-refractivity contribution < 1.29 is 4.79 Å². The predicted octanol–water partition coefficient (Wildman–Crippen LogP) is 3.21. The minimum absolute atomic E-state index is 0. The van der Waals surface area contributed by atoms with Gasteiger partial charge in [-0.1, -0.05) is 12.1 Å². The standard InChI is InChI=1S/C16H17N3O.2ClH/c20-16(19-11-12-5-1-2-9-17-12)14-6-3-8-15-13(14)7-4-10-18-15;;/h1-3,5-6,8-9,18H,4,7,10-11H2,(H,19,20);2*1H. The average Bonchev–Trinajstić information content (AvgIpc) is 2.53. The summed E-state index contributed by atoms with van der Waals surface area (Å²) in [7, 11) is 0. The lowest BCUT2D eigenvalue weighted by molar-refractivity contribution is 0.0949. The van der Waals surface area contributed by atoms with Gasteiger partial charge in [0.25, 0.3) is 5.91 Å². The van der Waals surface area contributed by atoms with Gasteiger partial charge in [0.2, 0.25) is 0 Å². The molecule has 0 fully saturated rings. The summed E-state index contributed by atoms with van der Waals surface area (Å²) in [6.07, 6.45) is 3.75. The minimum Gasteiger partial charge on any atom is -0.385 e. The van der Waals surface area contributed by atoms with Gasteiger partial charge in [-0.15, -0.1) is 24.8 Å². The molecule has 1 aromatic heterocycles. The molecule has 0 bridgehead atoms. The highest BCUT2D eigenvalue weighted by Gasteiger charge is 2.16. The molecule has 0 saturated heterocycles. The number of aromatic nitrogens is 1. The number of carbonyl (C=O) groups excluding carboxylic acids is 1. The maximum Gasteiger partial charge on any atom is 0.251 e. The monoisotopic (exact) mass is 339 g/mol. The van der Waals surface area contributed by atoms with Gasteiger partial charge >= 0.3 is 0 Å². The van der Waals surface area contributed by atoms with Crippen molar-refractivity contribution >= 4 is 36.4 Å². The number of nitrogens with one attached hydrogen (secondary N) is 2. The molecule has 0 radical (unpaired) electrons.